The van der Waals surface area contributed by atoms with Crippen LogP contribution >= 0.6 is 0 Å². The molecule has 0 unspecified atom stereocenters. The number of hydrogen-bond donors (Lipinski definition) is 3. The highest BCUT2D eigenvalue weighted by molar-refractivity contribution is 5.89. The van der Waals surface area contributed by atoms with Crippen molar-refractivity contribution >= 4 is 11.7 Å². The van der Waals surface area contributed by atoms with Gasteiger partial charge in [0.2, 0.25) is 0 Å². The monoisotopic (exact) mass is 326 g/mol. The SMILES string of the molecule is C[C@H](NC(=O)Nc1ccc(F)cc1)c1nc(-c2cccnc2)n[nH]1. The van der Waals surface area contributed by atoms with E-state index in [2.05, 4.69) is 30.8 Å². The smallest absolute Gasteiger partial charge is 0.319 e. The zero-order chi connectivity index (χ0) is 16.9. The highest BCUT2D eigenvalue weighted by atomic mass is 19.1. The number of aromatic amines is 1. The standard InChI is InChI=1S/C16H15FN6O/c1-10(19-16(24)20-13-6-4-12(17)5-7-13)14-21-15(23-22-14)11-3-2-8-18-9-11/h2-10H,1H3,(H2,19,20,24)(H,21,22,23)/t10-/m0/s1. The van der Waals surface area contributed by atoms with Crippen LogP contribution in [0.2, 0.25) is 0 Å². The number of carbonyl (C=O) groups is 1. The number of amides is 2. The van der Waals surface area contributed by atoms with E-state index in [0.29, 0.717) is 17.3 Å². The quantitative estimate of drug-likeness (QED) is 0.687. The van der Waals surface area contributed by atoms with Gasteiger partial charge in [-0.3, -0.25) is 10.1 Å². The molecule has 8 heteroatoms. The average Bonchev–Trinajstić information content (AvgIpc) is 3.08. The molecule has 0 aliphatic rings. The highest BCUT2D eigenvalue weighted by Crippen LogP contribution is 2.15. The third-order valence-corrected chi connectivity index (χ3v) is 3.28. The molecule has 0 saturated heterocycles. The van der Waals surface area contributed by atoms with Gasteiger partial charge in [-0.15, -0.1) is 0 Å². The minimum atomic E-state index is -0.423. The minimum absolute atomic E-state index is 0.362. The molecule has 24 heavy (non-hydrogen) atoms. The van der Waals surface area contributed by atoms with Crippen LogP contribution in [-0.2, 0) is 0 Å². The van der Waals surface area contributed by atoms with Crippen LogP contribution in [0.5, 0.6) is 0 Å². The van der Waals surface area contributed by atoms with Crippen LogP contribution in [-0.4, -0.2) is 26.2 Å². The third kappa shape index (κ3) is 3.72. The molecule has 0 saturated carbocycles. The van der Waals surface area contributed by atoms with Gasteiger partial charge in [0.05, 0.1) is 6.04 Å². The van der Waals surface area contributed by atoms with Gasteiger partial charge in [0.15, 0.2) is 5.82 Å². The van der Waals surface area contributed by atoms with Gasteiger partial charge in [-0.2, -0.15) is 5.10 Å². The van der Waals surface area contributed by atoms with E-state index in [-0.39, 0.29) is 11.9 Å². The minimum Gasteiger partial charge on any atom is -0.328 e. The molecule has 0 aliphatic carbocycles. The number of halogens is 1. The predicted octanol–water partition coefficient (Wildman–Crippen LogP) is 2.89. The number of benzene rings is 1. The van der Waals surface area contributed by atoms with Crippen LogP contribution in [0.15, 0.2) is 48.8 Å². The fraction of sp³-hybridized carbons (Fsp3) is 0.125. The van der Waals surface area contributed by atoms with Gasteiger partial charge in [0.25, 0.3) is 0 Å². The molecule has 2 heterocycles. The number of nitrogens with zero attached hydrogens (tertiary/aromatic N) is 3. The second kappa shape index (κ2) is 6.86. The Bertz CT molecular complexity index is 818. The first-order valence-corrected chi connectivity index (χ1v) is 7.27. The van der Waals surface area contributed by atoms with Gasteiger partial charge in [0, 0.05) is 23.6 Å². The molecule has 0 radical (unpaired) electrons. The Hall–Kier alpha value is -3.29. The number of pyridine rings is 1. The van der Waals surface area contributed by atoms with Crippen LogP contribution in [0.1, 0.15) is 18.8 Å². The lowest BCUT2D eigenvalue weighted by Crippen LogP contribution is -2.31. The molecule has 0 bridgehead atoms. The summed E-state index contributed by atoms with van der Waals surface area (Å²) in [5.74, 6) is 0.660. The molecular formula is C16H15FN6O. The van der Waals surface area contributed by atoms with E-state index >= 15 is 0 Å². The molecule has 1 atom stereocenters. The van der Waals surface area contributed by atoms with Crippen molar-refractivity contribution in [3.05, 3.63) is 60.4 Å². The van der Waals surface area contributed by atoms with Crippen molar-refractivity contribution in [3.8, 4) is 11.4 Å². The Labute approximate surface area is 137 Å². The van der Waals surface area contributed by atoms with Gasteiger partial charge in [-0.1, -0.05) is 0 Å². The lowest BCUT2D eigenvalue weighted by Gasteiger charge is -2.12. The maximum absolute atomic E-state index is 12.8. The molecule has 3 rings (SSSR count). The summed E-state index contributed by atoms with van der Waals surface area (Å²) in [7, 11) is 0. The molecule has 7 nitrogen and oxygen atoms in total. The predicted molar refractivity (Wildman–Crippen MR) is 86.6 cm³/mol. The largest absolute Gasteiger partial charge is 0.328 e. The Morgan fingerprint density at radius 1 is 1.25 bits per heavy atom. The van der Waals surface area contributed by atoms with Crippen LogP contribution in [0.4, 0.5) is 14.9 Å². The van der Waals surface area contributed by atoms with Gasteiger partial charge in [-0.25, -0.2) is 14.2 Å². The Morgan fingerprint density at radius 2 is 2.04 bits per heavy atom. The number of anilines is 1. The highest BCUT2D eigenvalue weighted by Gasteiger charge is 2.14. The van der Waals surface area contributed by atoms with Crippen LogP contribution < -0.4 is 10.6 Å². The van der Waals surface area contributed by atoms with Crippen molar-refractivity contribution in [2.45, 2.75) is 13.0 Å². The molecule has 0 aliphatic heterocycles. The summed E-state index contributed by atoms with van der Waals surface area (Å²) in [6.45, 7) is 1.78. The second-order valence-corrected chi connectivity index (χ2v) is 5.11. The second-order valence-electron chi connectivity index (χ2n) is 5.11. The van der Waals surface area contributed by atoms with Crippen molar-refractivity contribution in [2.75, 3.05) is 5.32 Å². The Balaban J connectivity index is 1.62. The van der Waals surface area contributed by atoms with E-state index in [1.54, 1.807) is 25.4 Å². The van der Waals surface area contributed by atoms with Crippen molar-refractivity contribution < 1.29 is 9.18 Å². The van der Waals surface area contributed by atoms with Gasteiger partial charge >= 0.3 is 6.03 Å². The molecular weight excluding hydrogens is 311 g/mol. The van der Waals surface area contributed by atoms with E-state index in [1.165, 1.54) is 24.3 Å². The van der Waals surface area contributed by atoms with Gasteiger partial charge in [-0.05, 0) is 43.3 Å². The lowest BCUT2D eigenvalue weighted by atomic mass is 10.3. The number of aromatic nitrogens is 4. The van der Waals surface area contributed by atoms with E-state index in [9.17, 15) is 9.18 Å². The van der Waals surface area contributed by atoms with E-state index < -0.39 is 6.03 Å². The molecule has 3 N–H and O–H groups in total. The van der Waals surface area contributed by atoms with Crippen molar-refractivity contribution in [1.82, 2.24) is 25.5 Å². The molecule has 2 aromatic heterocycles. The number of H-pyrrole nitrogens is 1. The Morgan fingerprint density at radius 3 is 2.75 bits per heavy atom. The number of hydrogen-bond acceptors (Lipinski definition) is 4. The lowest BCUT2D eigenvalue weighted by molar-refractivity contribution is 0.249. The summed E-state index contributed by atoms with van der Waals surface area (Å²) < 4.78 is 12.8. The van der Waals surface area contributed by atoms with Crippen LogP contribution in [0.25, 0.3) is 11.4 Å². The van der Waals surface area contributed by atoms with Crippen molar-refractivity contribution in [2.24, 2.45) is 0 Å². The number of carbonyl (C=O) groups excluding carboxylic acids is 1. The normalized spacial score (nSPS) is 11.8. The first-order chi connectivity index (χ1) is 11.6. The number of urea groups is 1. The van der Waals surface area contributed by atoms with Crippen LogP contribution in [0, 0.1) is 5.82 Å². The van der Waals surface area contributed by atoms with Crippen molar-refractivity contribution in [1.29, 1.82) is 0 Å². The maximum Gasteiger partial charge on any atom is 0.319 e. The summed E-state index contributed by atoms with van der Waals surface area (Å²) in [5, 5.41) is 12.3. The van der Waals surface area contributed by atoms with Crippen molar-refractivity contribution in [3.63, 3.8) is 0 Å². The molecule has 1 aromatic carbocycles. The molecule has 0 fully saturated rings. The third-order valence-electron chi connectivity index (χ3n) is 3.28. The topological polar surface area (TPSA) is 95.6 Å². The van der Waals surface area contributed by atoms with E-state index in [4.69, 9.17) is 0 Å². The molecule has 2 amide bonds. The van der Waals surface area contributed by atoms with E-state index in [1.807, 2.05) is 6.07 Å². The fourth-order valence-corrected chi connectivity index (χ4v) is 2.06. The van der Waals surface area contributed by atoms with Gasteiger partial charge in [0.1, 0.15) is 11.6 Å². The average molecular weight is 326 g/mol. The number of nitrogens with one attached hydrogen (secondary N) is 3. The zero-order valence-corrected chi connectivity index (χ0v) is 12.8. The molecule has 3 aromatic rings. The number of rotatable bonds is 4. The molecule has 0 spiro atoms. The summed E-state index contributed by atoms with van der Waals surface area (Å²) >= 11 is 0. The molecule has 122 valence electrons. The maximum atomic E-state index is 12.8. The van der Waals surface area contributed by atoms with Gasteiger partial charge < -0.3 is 10.6 Å². The Kier molecular flexibility index (Phi) is 4.46. The van der Waals surface area contributed by atoms with E-state index in [0.717, 1.165) is 5.56 Å². The summed E-state index contributed by atoms with van der Waals surface area (Å²) in [6.07, 6.45) is 3.33. The first-order valence-electron chi connectivity index (χ1n) is 7.27. The summed E-state index contributed by atoms with van der Waals surface area (Å²) in [6, 6.07) is 8.34. The summed E-state index contributed by atoms with van der Waals surface area (Å²) in [5.41, 5.74) is 1.28. The van der Waals surface area contributed by atoms with Crippen LogP contribution in [0.3, 0.4) is 0 Å². The first kappa shape index (κ1) is 15.6. The zero-order valence-electron chi connectivity index (χ0n) is 12.8. The fourth-order valence-electron chi connectivity index (χ4n) is 2.06. The summed E-state index contributed by atoms with van der Waals surface area (Å²) in [4.78, 5) is 20.3.